The van der Waals surface area contributed by atoms with Gasteiger partial charge in [0.25, 0.3) is 5.91 Å². The number of carbonyl (C=O) groups is 1. The van der Waals surface area contributed by atoms with Gasteiger partial charge in [-0.05, 0) is 41.9 Å². The predicted octanol–water partition coefficient (Wildman–Crippen LogP) is -0.853. The van der Waals surface area contributed by atoms with Gasteiger partial charge in [0, 0.05) is 36.0 Å². The van der Waals surface area contributed by atoms with Crippen LogP contribution in [0.2, 0.25) is 15.6 Å². The number of nitrogens with one attached hydrogen (secondary N) is 1. The second-order valence-corrected chi connectivity index (χ2v) is 10.7. The van der Waals surface area contributed by atoms with E-state index in [2.05, 4.69) is 25.3 Å². The monoisotopic (exact) mass is 527 g/mol. The van der Waals surface area contributed by atoms with Crippen molar-refractivity contribution in [2.75, 3.05) is 10.2 Å². The van der Waals surface area contributed by atoms with E-state index in [0.29, 0.717) is 5.52 Å². The zero-order chi connectivity index (χ0) is 31.0. The smallest absolute Gasteiger partial charge is 0.257 e. The van der Waals surface area contributed by atoms with Crippen LogP contribution in [0, 0.1) is 6.92 Å². The summed E-state index contributed by atoms with van der Waals surface area (Å²) in [5.74, 6) is 0.402. The van der Waals surface area contributed by atoms with Gasteiger partial charge in [0.05, 0.1) is 102 Å². The highest BCUT2D eigenvalue weighted by molar-refractivity contribution is 6.71. The Morgan fingerprint density at radius 3 is 2.02 bits per heavy atom. The number of hydrogen-bond donors (Lipinski definition) is 1. The van der Waals surface area contributed by atoms with E-state index in [0.717, 1.165) is 27.4 Å². The Morgan fingerprint density at radius 2 is 1.43 bits per heavy atom. The molecule has 1 N–H and O–H groups in total. The molecule has 20 radical (unpaired) electrons. The van der Waals surface area contributed by atoms with Crippen molar-refractivity contribution in [1.82, 2.24) is 24.5 Å². The van der Waals surface area contributed by atoms with E-state index in [1.165, 1.54) is 18.3 Å². The third-order valence-corrected chi connectivity index (χ3v) is 8.00. The summed E-state index contributed by atoms with van der Waals surface area (Å²) in [5.41, 5.74) is 2.45. The number of pyridine rings is 3. The summed E-state index contributed by atoms with van der Waals surface area (Å²) in [6.07, 6.45) is 6.32. The first-order valence-electron chi connectivity index (χ1n) is 12.6. The minimum Gasteiger partial charge on any atom is -0.382 e. The molecule has 18 heteroatoms. The lowest BCUT2D eigenvalue weighted by atomic mass is 9.05. The van der Waals surface area contributed by atoms with Gasteiger partial charge >= 0.3 is 0 Å². The molecule has 1 saturated heterocycles. The fraction of sp³-hybridized carbons (Fsp3) is 0.292. The summed E-state index contributed by atoms with van der Waals surface area (Å²) >= 11 is 0. The van der Waals surface area contributed by atoms with Crippen LogP contribution in [0.4, 0.5) is 11.6 Å². The molecule has 5 heterocycles. The highest BCUT2D eigenvalue weighted by atomic mass is 16.1. The Hall–Kier alpha value is -3.16. The van der Waals surface area contributed by atoms with Crippen LogP contribution in [-0.4, -0.2) is 120 Å². The van der Waals surface area contributed by atoms with Crippen LogP contribution in [0.15, 0.2) is 49.1 Å². The Labute approximate surface area is 257 Å². The largest absolute Gasteiger partial charge is 0.382 e. The van der Waals surface area contributed by atoms with E-state index in [1.54, 1.807) is 24.7 Å². The lowest BCUT2D eigenvalue weighted by molar-refractivity contribution is 0.102. The molecule has 1 aliphatic rings. The average molecular weight is 526 g/mol. The molecule has 0 aromatic carbocycles. The predicted molar refractivity (Wildman–Crippen MR) is 172 cm³/mol. The van der Waals surface area contributed by atoms with Gasteiger partial charge in [0.2, 0.25) is 0 Å². The number of aryl methyl sites for hydroxylation is 1. The second kappa shape index (κ2) is 9.68. The van der Waals surface area contributed by atoms with Crippen LogP contribution in [0.5, 0.6) is 0 Å². The molecule has 1 fully saturated rings. The van der Waals surface area contributed by atoms with Crippen molar-refractivity contribution >= 4 is 107 Å². The van der Waals surface area contributed by atoms with Gasteiger partial charge in [-0.15, -0.1) is 15.6 Å². The van der Waals surface area contributed by atoms with Gasteiger partial charge in [-0.25, -0.2) is 15.0 Å². The van der Waals surface area contributed by atoms with E-state index >= 15 is 0 Å². The molecule has 0 saturated carbocycles. The van der Waals surface area contributed by atoms with E-state index in [-0.39, 0.29) is 17.2 Å². The fourth-order valence-corrected chi connectivity index (χ4v) is 4.94. The second-order valence-electron chi connectivity index (χ2n) is 10.7. The molecule has 4 aromatic rings. The van der Waals surface area contributed by atoms with Crippen LogP contribution in [0.25, 0.3) is 22.2 Å². The van der Waals surface area contributed by atoms with Gasteiger partial charge in [-0.1, -0.05) is 0 Å². The van der Waals surface area contributed by atoms with E-state index < -0.39 is 32.2 Å². The van der Waals surface area contributed by atoms with E-state index in [1.807, 2.05) is 24.6 Å². The molecule has 0 bridgehead atoms. The number of fused-ring (bicyclic) bond motifs is 1. The minimum atomic E-state index is -2.37. The van der Waals surface area contributed by atoms with Gasteiger partial charge < -0.3 is 14.8 Å². The molecular formula is C24H15B10N7O. The quantitative estimate of drug-likeness (QED) is 0.349. The maximum atomic E-state index is 13.3. The summed E-state index contributed by atoms with van der Waals surface area (Å²) in [5, 5.41) is -8.36. The molecule has 0 atom stereocenters. The summed E-state index contributed by atoms with van der Waals surface area (Å²) in [4.78, 5) is 31.5. The van der Waals surface area contributed by atoms with Crippen molar-refractivity contribution in [3.05, 3.63) is 60.4 Å². The number of nitrogens with zero attached hydrogens (tertiary/aromatic N) is 6. The third kappa shape index (κ3) is 4.22. The zero-order valence-corrected chi connectivity index (χ0v) is 23.0. The number of aromatic nitrogens is 5. The molecule has 0 unspecified atom stereocenters. The molecule has 0 spiro atoms. The first kappa shape index (κ1) is 30.3. The van der Waals surface area contributed by atoms with E-state index in [9.17, 15) is 4.79 Å². The maximum Gasteiger partial charge on any atom is 0.257 e. The SMILES string of the molecule is [B]C1([B])N(c2cc(C(=O)Nc3cc4cc(-c5cnc(C)n5C)cnc4cn3)ccn2)C([B])([B])C([B])([B])C([B])([B])C1([B])[B]. The molecule has 182 valence electrons. The number of anilines is 2. The first-order chi connectivity index (χ1) is 19.3. The van der Waals surface area contributed by atoms with E-state index in [4.69, 9.17) is 78.5 Å². The number of piperidine rings is 1. The van der Waals surface area contributed by atoms with Crippen molar-refractivity contribution in [3.8, 4) is 11.3 Å². The molecular weight excluding hydrogens is 510 g/mol. The zero-order valence-electron chi connectivity index (χ0n) is 23.0. The number of hydrogen-bond acceptors (Lipinski definition) is 6. The van der Waals surface area contributed by atoms with Crippen molar-refractivity contribution in [3.63, 3.8) is 0 Å². The van der Waals surface area contributed by atoms with Crippen molar-refractivity contribution in [1.29, 1.82) is 0 Å². The third-order valence-electron chi connectivity index (χ3n) is 8.00. The van der Waals surface area contributed by atoms with Gasteiger partial charge in [-0.3, -0.25) is 9.78 Å². The van der Waals surface area contributed by atoms with Crippen molar-refractivity contribution in [2.45, 2.75) is 33.2 Å². The van der Waals surface area contributed by atoms with Gasteiger partial charge in [0.15, 0.2) is 0 Å². The summed E-state index contributed by atoms with van der Waals surface area (Å²) in [7, 11) is 64.3. The van der Waals surface area contributed by atoms with Crippen molar-refractivity contribution < 1.29 is 4.79 Å². The minimum absolute atomic E-state index is 0.0855. The maximum absolute atomic E-state index is 13.3. The molecule has 5 rings (SSSR count). The number of amides is 1. The van der Waals surface area contributed by atoms with Crippen LogP contribution in [-0.2, 0) is 7.05 Å². The van der Waals surface area contributed by atoms with Gasteiger partial charge in [0.1, 0.15) is 17.5 Å². The Kier molecular flexibility index (Phi) is 6.98. The van der Waals surface area contributed by atoms with Crippen LogP contribution in [0.1, 0.15) is 16.2 Å². The topological polar surface area (TPSA) is 88.8 Å². The Bertz CT molecular complexity index is 1690. The lowest BCUT2D eigenvalue weighted by Crippen LogP contribution is -2.81. The van der Waals surface area contributed by atoms with Gasteiger partial charge in [-0.2, -0.15) is 0 Å². The number of rotatable bonds is 4. The molecule has 1 amide bonds. The van der Waals surface area contributed by atoms with Crippen LogP contribution in [0.3, 0.4) is 0 Å². The summed E-state index contributed by atoms with van der Waals surface area (Å²) in [6, 6.07) is 6.32. The summed E-state index contributed by atoms with van der Waals surface area (Å²) < 4.78 is 1.95. The van der Waals surface area contributed by atoms with Crippen LogP contribution < -0.4 is 10.2 Å². The average Bonchev–Trinajstić information content (AvgIpc) is 3.25. The highest BCUT2D eigenvalue weighted by Gasteiger charge is 2.64. The highest BCUT2D eigenvalue weighted by Crippen LogP contribution is 2.69. The number of imidazole rings is 1. The van der Waals surface area contributed by atoms with Crippen molar-refractivity contribution in [2.24, 2.45) is 7.05 Å². The fourth-order valence-electron chi connectivity index (χ4n) is 4.94. The first-order valence-corrected chi connectivity index (χ1v) is 12.6. The number of carbonyl (C=O) groups excluding carboxylic acids is 1. The summed E-state index contributed by atoms with van der Waals surface area (Å²) in [6.45, 7) is 1.90. The molecule has 0 aliphatic carbocycles. The van der Waals surface area contributed by atoms with Crippen LogP contribution >= 0.6 is 0 Å². The Morgan fingerprint density at radius 1 is 0.786 bits per heavy atom. The molecule has 4 aromatic heterocycles. The molecule has 8 nitrogen and oxygen atoms in total. The standard InChI is InChI=1S/C24H15B10N7O/c1-11-36-10-16(40(11)2)14-5-13-6-17(38-9-15(13)37-8-14)39-19(42)12-3-4-35-18(7-12)41-23(31,32)21(27,28)20(25,26)22(29,30)24(41,33)34/h3-10H,1-2H3,(H,38,39,42). The molecule has 42 heavy (non-hydrogen) atoms. The lowest BCUT2D eigenvalue weighted by Gasteiger charge is -2.79. The Balaban J connectivity index is 1.48. The normalized spacial score (nSPS) is 19.7. The molecule has 1 aliphatic heterocycles.